The number of amides is 2. The van der Waals surface area contributed by atoms with E-state index in [9.17, 15) is 22.4 Å². The Morgan fingerprint density at radius 3 is 2.38 bits per heavy atom. The smallest absolute Gasteiger partial charge is 0.410 e. The Morgan fingerprint density at radius 1 is 1.17 bits per heavy atom. The van der Waals surface area contributed by atoms with Crippen LogP contribution in [0.4, 0.5) is 9.18 Å². The first-order chi connectivity index (χ1) is 13.5. The average molecular weight is 447 g/mol. The highest BCUT2D eigenvalue weighted by molar-refractivity contribution is 7.91. The zero-order valence-corrected chi connectivity index (χ0v) is 18.5. The number of thiophene rings is 1. The number of rotatable bonds is 2. The van der Waals surface area contributed by atoms with Crippen molar-refractivity contribution < 1.29 is 27.1 Å². The van der Waals surface area contributed by atoms with Crippen LogP contribution in [-0.2, 0) is 19.4 Å². The van der Waals surface area contributed by atoms with Crippen molar-refractivity contribution in [2.45, 2.75) is 45.3 Å². The summed E-state index contributed by atoms with van der Waals surface area (Å²) in [6.45, 7) is 6.18. The van der Waals surface area contributed by atoms with Crippen LogP contribution < -0.4 is 0 Å². The van der Waals surface area contributed by atoms with Gasteiger partial charge in [-0.2, -0.15) is 4.39 Å². The van der Waals surface area contributed by atoms with Crippen LogP contribution in [0.2, 0.25) is 0 Å². The minimum Gasteiger partial charge on any atom is -0.444 e. The van der Waals surface area contributed by atoms with Crippen molar-refractivity contribution in [3.63, 3.8) is 0 Å². The van der Waals surface area contributed by atoms with E-state index in [1.165, 1.54) is 6.07 Å². The fourth-order valence-corrected chi connectivity index (χ4v) is 5.99. The molecule has 2 fully saturated rings. The summed E-state index contributed by atoms with van der Waals surface area (Å²) in [5, 5.41) is -0.356. The number of ether oxygens (including phenoxy) is 1. The molecular formula is C19H27FN2O5S2. The molecule has 2 aliphatic rings. The van der Waals surface area contributed by atoms with E-state index in [2.05, 4.69) is 0 Å². The lowest BCUT2D eigenvalue weighted by molar-refractivity contribution is -0.141. The van der Waals surface area contributed by atoms with Gasteiger partial charge in [-0.1, -0.05) is 0 Å². The molecule has 0 radical (unpaired) electrons. The third-order valence-electron chi connectivity index (χ3n) is 5.14. The van der Waals surface area contributed by atoms with Gasteiger partial charge in [-0.25, -0.2) is 13.2 Å². The zero-order valence-electron chi connectivity index (χ0n) is 16.9. The van der Waals surface area contributed by atoms with Crippen molar-refractivity contribution in [2.24, 2.45) is 5.92 Å². The molecule has 7 nitrogen and oxygen atoms in total. The minimum absolute atomic E-state index is 0.0135. The third kappa shape index (κ3) is 5.48. The predicted octanol–water partition coefficient (Wildman–Crippen LogP) is 2.83. The van der Waals surface area contributed by atoms with Crippen LogP contribution in [0, 0.1) is 11.0 Å². The monoisotopic (exact) mass is 446 g/mol. The summed E-state index contributed by atoms with van der Waals surface area (Å²) in [7, 11) is -3.07. The molecular weight excluding hydrogens is 419 g/mol. The van der Waals surface area contributed by atoms with Crippen LogP contribution in [0.25, 0.3) is 0 Å². The molecule has 10 heteroatoms. The normalized spacial score (nSPS) is 23.1. The van der Waals surface area contributed by atoms with Crippen molar-refractivity contribution >= 4 is 33.2 Å². The number of piperazine rings is 1. The summed E-state index contributed by atoms with van der Waals surface area (Å²) in [4.78, 5) is 29.6. The van der Waals surface area contributed by atoms with E-state index in [0.29, 0.717) is 30.8 Å². The van der Waals surface area contributed by atoms with E-state index in [1.54, 1.807) is 36.6 Å². The van der Waals surface area contributed by atoms with E-state index in [4.69, 9.17) is 4.74 Å². The summed E-state index contributed by atoms with van der Waals surface area (Å²) < 4.78 is 42.5. The zero-order chi connectivity index (χ0) is 21.4. The van der Waals surface area contributed by atoms with Crippen molar-refractivity contribution in [1.29, 1.82) is 0 Å². The Labute approximate surface area is 174 Å². The SMILES string of the molecule is CC(C)(C)OC(=O)N1CCN(C(=O)C2CCS(=O)(=O)CC2)C(c2ccc(F)s2)C1. The lowest BCUT2D eigenvalue weighted by atomic mass is 9.98. The molecule has 1 atom stereocenters. The van der Waals surface area contributed by atoms with Gasteiger partial charge in [0.25, 0.3) is 0 Å². The lowest BCUT2D eigenvalue weighted by Gasteiger charge is -2.42. The molecule has 2 saturated heterocycles. The highest BCUT2D eigenvalue weighted by Crippen LogP contribution is 2.33. The topological polar surface area (TPSA) is 84.0 Å². The van der Waals surface area contributed by atoms with Gasteiger partial charge in [0.1, 0.15) is 15.4 Å². The number of nitrogens with zero attached hydrogens (tertiary/aromatic N) is 2. The summed E-state index contributed by atoms with van der Waals surface area (Å²) in [5.74, 6) is -0.458. The molecule has 2 amide bonds. The first kappa shape index (κ1) is 22.0. The molecule has 0 aliphatic carbocycles. The van der Waals surface area contributed by atoms with Gasteiger partial charge < -0.3 is 14.5 Å². The second-order valence-electron chi connectivity index (χ2n) is 8.54. The molecule has 0 bridgehead atoms. The summed E-state index contributed by atoms with van der Waals surface area (Å²) in [6, 6.07) is 2.51. The number of carbonyl (C=O) groups is 2. The van der Waals surface area contributed by atoms with Crippen LogP contribution in [0.3, 0.4) is 0 Å². The second-order valence-corrected chi connectivity index (χ2v) is 11.9. The fourth-order valence-electron chi connectivity index (χ4n) is 3.66. The Hall–Kier alpha value is -1.68. The lowest BCUT2D eigenvalue weighted by Crippen LogP contribution is -2.54. The van der Waals surface area contributed by atoms with E-state index in [1.807, 2.05) is 0 Å². The van der Waals surface area contributed by atoms with E-state index >= 15 is 0 Å². The Bertz CT molecular complexity index is 863. The van der Waals surface area contributed by atoms with Crippen molar-refractivity contribution in [3.8, 4) is 0 Å². The van der Waals surface area contributed by atoms with Gasteiger partial charge in [-0.05, 0) is 45.7 Å². The average Bonchev–Trinajstić information content (AvgIpc) is 3.05. The maximum atomic E-state index is 13.7. The summed E-state index contributed by atoms with van der Waals surface area (Å²) in [5.41, 5.74) is -0.637. The number of carbonyl (C=O) groups excluding carboxylic acids is 2. The van der Waals surface area contributed by atoms with Gasteiger partial charge in [0.15, 0.2) is 5.13 Å². The molecule has 3 rings (SSSR count). The van der Waals surface area contributed by atoms with Crippen LogP contribution in [0.5, 0.6) is 0 Å². The van der Waals surface area contributed by atoms with Gasteiger partial charge >= 0.3 is 6.09 Å². The molecule has 3 heterocycles. The quantitative estimate of drug-likeness (QED) is 0.698. The molecule has 29 heavy (non-hydrogen) atoms. The maximum absolute atomic E-state index is 13.7. The summed E-state index contributed by atoms with van der Waals surface area (Å²) >= 11 is 0.954. The fraction of sp³-hybridized carbons (Fsp3) is 0.684. The number of sulfone groups is 1. The minimum atomic E-state index is -3.07. The van der Waals surface area contributed by atoms with Gasteiger partial charge in [0.05, 0.1) is 17.5 Å². The molecule has 1 aromatic rings. The Morgan fingerprint density at radius 2 is 1.83 bits per heavy atom. The Kier molecular flexibility index (Phi) is 6.24. The summed E-state index contributed by atoms with van der Waals surface area (Å²) in [6.07, 6.45) is 0.146. The van der Waals surface area contributed by atoms with Crippen LogP contribution in [-0.4, -0.2) is 67.0 Å². The van der Waals surface area contributed by atoms with Gasteiger partial charge in [0.2, 0.25) is 5.91 Å². The van der Waals surface area contributed by atoms with E-state index in [0.717, 1.165) is 11.3 Å². The first-order valence-corrected chi connectivity index (χ1v) is 12.3. The highest BCUT2D eigenvalue weighted by Gasteiger charge is 2.39. The second kappa shape index (κ2) is 8.22. The molecule has 1 unspecified atom stereocenters. The number of halogens is 1. The molecule has 0 saturated carbocycles. The molecule has 0 aromatic carbocycles. The van der Waals surface area contributed by atoms with Crippen molar-refractivity contribution in [1.82, 2.24) is 9.80 Å². The van der Waals surface area contributed by atoms with E-state index < -0.39 is 27.6 Å². The molecule has 2 aliphatic heterocycles. The van der Waals surface area contributed by atoms with E-state index in [-0.39, 0.29) is 35.0 Å². The maximum Gasteiger partial charge on any atom is 0.410 e. The largest absolute Gasteiger partial charge is 0.444 e. The third-order valence-corrected chi connectivity index (χ3v) is 7.83. The molecule has 0 spiro atoms. The van der Waals surface area contributed by atoms with Crippen LogP contribution >= 0.6 is 11.3 Å². The molecule has 162 valence electrons. The number of hydrogen-bond acceptors (Lipinski definition) is 6. The standard InChI is InChI=1S/C19H27FN2O5S2/c1-19(2,3)27-18(24)21-8-9-22(14(12-21)15-4-5-16(20)28-15)17(23)13-6-10-29(25,26)11-7-13/h4-5,13-14H,6-12H2,1-3H3. The van der Waals surface area contributed by atoms with Gasteiger partial charge in [-0.15, -0.1) is 11.3 Å². The van der Waals surface area contributed by atoms with Crippen molar-refractivity contribution in [2.75, 3.05) is 31.1 Å². The Balaban J connectivity index is 1.78. The van der Waals surface area contributed by atoms with Crippen LogP contribution in [0.15, 0.2) is 12.1 Å². The number of hydrogen-bond donors (Lipinski definition) is 0. The van der Waals surface area contributed by atoms with Gasteiger partial charge in [0, 0.05) is 30.4 Å². The van der Waals surface area contributed by atoms with Crippen LogP contribution in [0.1, 0.15) is 44.5 Å². The van der Waals surface area contributed by atoms with Gasteiger partial charge in [-0.3, -0.25) is 4.79 Å². The molecule has 1 aromatic heterocycles. The molecule has 0 N–H and O–H groups in total. The predicted molar refractivity (Wildman–Crippen MR) is 108 cm³/mol. The first-order valence-electron chi connectivity index (χ1n) is 9.69. The highest BCUT2D eigenvalue weighted by atomic mass is 32.2. The van der Waals surface area contributed by atoms with Crippen molar-refractivity contribution in [3.05, 3.63) is 22.1 Å².